The first-order valence-electron chi connectivity index (χ1n) is 15.2. The highest BCUT2D eigenvalue weighted by molar-refractivity contribution is 5.94. The van der Waals surface area contributed by atoms with Gasteiger partial charge >= 0.3 is 11.9 Å². The third-order valence-electron chi connectivity index (χ3n) is 12.8. The van der Waals surface area contributed by atoms with E-state index in [1.807, 2.05) is 13.8 Å². The summed E-state index contributed by atoms with van der Waals surface area (Å²) in [6, 6.07) is 0. The summed E-state index contributed by atoms with van der Waals surface area (Å²) >= 11 is 0. The first kappa shape index (κ1) is 27.2. The maximum atomic E-state index is 13.4. The van der Waals surface area contributed by atoms with Gasteiger partial charge in [0, 0.05) is 11.0 Å². The molecule has 3 fully saturated rings. The van der Waals surface area contributed by atoms with Crippen LogP contribution in [0, 0.1) is 39.4 Å². The van der Waals surface area contributed by atoms with Crippen molar-refractivity contribution in [3.8, 4) is 0 Å². The van der Waals surface area contributed by atoms with Crippen LogP contribution in [-0.4, -0.2) is 35.4 Å². The highest BCUT2D eigenvalue weighted by Gasteiger charge is 2.70. The maximum Gasteiger partial charge on any atom is 0.335 e. The third-order valence-corrected chi connectivity index (χ3v) is 12.8. The number of aliphatic hydroxyl groups is 1. The predicted molar refractivity (Wildman–Crippen MR) is 143 cm³/mol. The number of carbonyl (C=O) groups excluding carboxylic acids is 2. The van der Waals surface area contributed by atoms with Crippen molar-refractivity contribution >= 4 is 11.9 Å². The Morgan fingerprint density at radius 1 is 1.05 bits per heavy atom. The average Bonchev–Trinajstić information content (AvgIpc) is 3.14. The molecule has 0 bridgehead atoms. The lowest BCUT2D eigenvalue weighted by molar-refractivity contribution is -0.228. The number of ether oxygens (including phenoxy) is 2. The van der Waals surface area contributed by atoms with Gasteiger partial charge in [-0.1, -0.05) is 54.4 Å². The molecule has 37 heavy (non-hydrogen) atoms. The minimum absolute atomic E-state index is 0.0102. The molecular formula is C32H50O5. The molecule has 0 amide bonds. The van der Waals surface area contributed by atoms with Crippen LogP contribution in [0.5, 0.6) is 0 Å². The van der Waals surface area contributed by atoms with Crippen LogP contribution in [0.1, 0.15) is 119 Å². The van der Waals surface area contributed by atoms with E-state index in [-0.39, 0.29) is 47.3 Å². The molecular weight excluding hydrogens is 464 g/mol. The lowest BCUT2D eigenvalue weighted by Crippen LogP contribution is -2.66. The van der Waals surface area contributed by atoms with Gasteiger partial charge in [0.05, 0.1) is 12.5 Å². The first-order chi connectivity index (χ1) is 17.3. The van der Waals surface area contributed by atoms with Crippen molar-refractivity contribution in [2.24, 2.45) is 39.4 Å². The van der Waals surface area contributed by atoms with Gasteiger partial charge in [-0.3, -0.25) is 4.79 Å². The lowest BCUT2D eigenvalue weighted by atomic mass is 9.35. The van der Waals surface area contributed by atoms with Crippen LogP contribution in [0.4, 0.5) is 0 Å². The summed E-state index contributed by atoms with van der Waals surface area (Å²) in [6.45, 7) is 16.0. The fourth-order valence-electron chi connectivity index (χ4n) is 10.7. The molecule has 5 nitrogen and oxygen atoms in total. The van der Waals surface area contributed by atoms with E-state index in [0.717, 1.165) is 30.4 Å². The molecule has 0 aromatic carbocycles. The highest BCUT2D eigenvalue weighted by Crippen LogP contribution is 2.74. The normalized spacial score (nSPS) is 47.8. The van der Waals surface area contributed by atoms with Gasteiger partial charge < -0.3 is 14.6 Å². The molecule has 4 aliphatic carbocycles. The Balaban J connectivity index is 1.60. The molecule has 1 unspecified atom stereocenters. The Morgan fingerprint density at radius 3 is 2.43 bits per heavy atom. The lowest BCUT2D eigenvalue weighted by Gasteiger charge is -2.70. The van der Waals surface area contributed by atoms with Gasteiger partial charge in [-0.2, -0.15) is 0 Å². The molecule has 0 radical (unpaired) electrons. The van der Waals surface area contributed by atoms with Crippen LogP contribution in [0.25, 0.3) is 0 Å². The van der Waals surface area contributed by atoms with Crippen LogP contribution in [-0.2, 0) is 19.1 Å². The van der Waals surface area contributed by atoms with Crippen LogP contribution < -0.4 is 0 Å². The summed E-state index contributed by atoms with van der Waals surface area (Å²) in [5, 5.41) is 10.2. The van der Waals surface area contributed by atoms with Crippen molar-refractivity contribution in [2.45, 2.75) is 137 Å². The first-order valence-corrected chi connectivity index (χ1v) is 15.2. The van der Waals surface area contributed by atoms with Gasteiger partial charge in [0.2, 0.25) is 0 Å². The van der Waals surface area contributed by atoms with Gasteiger partial charge in [0.15, 0.2) is 0 Å². The van der Waals surface area contributed by atoms with Crippen LogP contribution in [0.2, 0.25) is 0 Å². The molecule has 1 N–H and O–H groups in total. The van der Waals surface area contributed by atoms with Crippen molar-refractivity contribution in [3.05, 3.63) is 11.1 Å². The predicted octanol–water partition coefficient (Wildman–Crippen LogP) is 6.76. The highest BCUT2D eigenvalue weighted by atomic mass is 16.6. The number of cyclic esters (lactones) is 1. The summed E-state index contributed by atoms with van der Waals surface area (Å²) in [5.41, 5.74) is 2.01. The molecule has 5 heteroatoms. The van der Waals surface area contributed by atoms with E-state index in [9.17, 15) is 14.7 Å². The third kappa shape index (κ3) is 3.79. The monoisotopic (exact) mass is 514 g/mol. The zero-order chi connectivity index (χ0) is 27.0. The molecule has 1 aliphatic heterocycles. The number of fused-ring (bicyclic) bond motifs is 6. The SMILES string of the molecule is CCC(O)CC(=O)O[C@H]1C[C@@H]2[C@@]3(C)CCC[C@](C)(CC)[C@@H]3CC[C@@]2(C)[C@@H]2CCC3=C(C(=O)O[C@@H]3C)[C@@]12C. The minimum atomic E-state index is -0.692. The maximum absolute atomic E-state index is 13.4. The van der Waals surface area contributed by atoms with Crippen molar-refractivity contribution in [1.29, 1.82) is 0 Å². The standard InChI is InChI=1S/C32H50O5/c1-8-20(33)17-26(34)37-25-18-24-30(5)15-10-14-29(4,9-2)22(30)13-16-31(24,6)23-12-11-21-19(3)36-28(35)27(21)32(23,25)7/h19-20,22-25,33H,8-18H2,1-7H3/t19-,20?,22+,23+,24-,25+,29+,30+,31+,32-/m1/s1. The number of rotatable bonds is 5. The van der Waals surface area contributed by atoms with Crippen molar-refractivity contribution in [1.82, 2.24) is 0 Å². The molecule has 1 heterocycles. The van der Waals surface area contributed by atoms with E-state index < -0.39 is 11.5 Å². The summed E-state index contributed by atoms with van der Waals surface area (Å²) in [4.78, 5) is 26.5. The smallest absolute Gasteiger partial charge is 0.335 e. The number of esters is 2. The van der Waals surface area contributed by atoms with Crippen LogP contribution >= 0.6 is 0 Å². The summed E-state index contributed by atoms with van der Waals surface area (Å²) in [7, 11) is 0. The number of hydrogen-bond donors (Lipinski definition) is 1. The quantitative estimate of drug-likeness (QED) is 0.410. The molecule has 3 saturated carbocycles. The van der Waals surface area contributed by atoms with Crippen molar-refractivity contribution in [2.75, 3.05) is 0 Å². The number of aliphatic hydroxyl groups excluding tert-OH is 1. The van der Waals surface area contributed by atoms with Crippen LogP contribution in [0.3, 0.4) is 0 Å². The Bertz CT molecular complexity index is 986. The Labute approximate surface area is 224 Å². The largest absolute Gasteiger partial charge is 0.461 e. The molecule has 0 spiro atoms. The second-order valence-corrected chi connectivity index (χ2v) is 14.3. The second-order valence-electron chi connectivity index (χ2n) is 14.3. The van der Waals surface area contributed by atoms with Crippen molar-refractivity contribution in [3.63, 3.8) is 0 Å². The van der Waals surface area contributed by atoms with E-state index in [1.165, 1.54) is 38.5 Å². The Kier molecular flexibility index (Phi) is 6.69. The minimum Gasteiger partial charge on any atom is -0.461 e. The van der Waals surface area contributed by atoms with E-state index in [0.29, 0.717) is 23.7 Å². The van der Waals surface area contributed by atoms with Gasteiger partial charge in [0.1, 0.15) is 12.2 Å². The zero-order valence-electron chi connectivity index (χ0n) is 24.3. The van der Waals surface area contributed by atoms with Gasteiger partial charge in [-0.15, -0.1) is 0 Å². The van der Waals surface area contributed by atoms with E-state index in [4.69, 9.17) is 9.47 Å². The van der Waals surface area contributed by atoms with Crippen LogP contribution in [0.15, 0.2) is 11.1 Å². The molecule has 5 aliphatic rings. The van der Waals surface area contributed by atoms with Crippen molar-refractivity contribution < 1.29 is 24.2 Å². The molecule has 10 atom stereocenters. The molecule has 0 saturated heterocycles. The summed E-state index contributed by atoms with van der Waals surface area (Å²) in [5.74, 6) is 0.831. The van der Waals surface area contributed by atoms with E-state index in [2.05, 4.69) is 34.6 Å². The fourth-order valence-corrected chi connectivity index (χ4v) is 10.7. The van der Waals surface area contributed by atoms with Gasteiger partial charge in [-0.05, 0) is 97.9 Å². The van der Waals surface area contributed by atoms with E-state index in [1.54, 1.807) is 0 Å². The molecule has 0 aromatic heterocycles. The molecule has 5 rings (SSSR count). The Morgan fingerprint density at radius 2 is 1.76 bits per heavy atom. The average molecular weight is 515 g/mol. The molecule has 0 aromatic rings. The van der Waals surface area contributed by atoms with Gasteiger partial charge in [0.25, 0.3) is 0 Å². The zero-order valence-corrected chi connectivity index (χ0v) is 24.3. The molecule has 208 valence electrons. The topological polar surface area (TPSA) is 72.8 Å². The number of carbonyl (C=O) groups is 2. The summed E-state index contributed by atoms with van der Waals surface area (Å²) < 4.78 is 12.2. The fraction of sp³-hybridized carbons (Fsp3) is 0.875. The van der Waals surface area contributed by atoms with Gasteiger partial charge in [-0.25, -0.2) is 4.79 Å². The van der Waals surface area contributed by atoms with E-state index >= 15 is 0 Å². The summed E-state index contributed by atoms with van der Waals surface area (Å²) in [6.07, 6.45) is 9.42. The Hall–Kier alpha value is -1.36. The second kappa shape index (κ2) is 9.10. The number of hydrogen-bond acceptors (Lipinski definition) is 5.